The quantitative estimate of drug-likeness (QED) is 0.521. The van der Waals surface area contributed by atoms with Crippen molar-refractivity contribution in [3.8, 4) is 0 Å². The third kappa shape index (κ3) is 8.19. The molecule has 0 bridgehead atoms. The van der Waals surface area contributed by atoms with Gasteiger partial charge in [-0.05, 0) is 19.8 Å². The molecule has 4 N–H and O–H groups in total. The number of amides is 1. The normalized spacial score (nSPS) is 14.2. The second kappa shape index (κ2) is 8.06. The number of nitrogens with two attached hydrogens (primary N) is 1. The molecule has 0 aromatic carbocycles. The zero-order valence-corrected chi connectivity index (χ0v) is 9.73. The highest BCUT2D eigenvalue weighted by Crippen LogP contribution is 2.08. The fraction of sp³-hybridized carbons (Fsp3) is 0.800. The summed E-state index contributed by atoms with van der Waals surface area (Å²) in [5, 5.41) is 8.28. The molecule has 0 aliphatic heterocycles. The average molecular weight is 232 g/mol. The first-order valence-corrected chi connectivity index (χ1v) is 5.32. The second-order valence-corrected chi connectivity index (χ2v) is 3.96. The van der Waals surface area contributed by atoms with E-state index in [1.54, 1.807) is 6.92 Å². The van der Waals surface area contributed by atoms with E-state index in [0.717, 1.165) is 12.8 Å². The van der Waals surface area contributed by atoms with Gasteiger partial charge in [0, 0.05) is 12.0 Å². The van der Waals surface area contributed by atoms with Crippen LogP contribution in [0.2, 0.25) is 0 Å². The van der Waals surface area contributed by atoms with E-state index >= 15 is 0 Å². The van der Waals surface area contributed by atoms with Crippen molar-refractivity contribution in [1.82, 2.24) is 5.48 Å². The van der Waals surface area contributed by atoms with Gasteiger partial charge >= 0.3 is 5.97 Å². The Bertz CT molecular complexity index is 231. The SMILES string of the molecule is CC(N)CCCC(C)C(=O)NOCC(=O)O. The topological polar surface area (TPSA) is 102 Å². The number of rotatable bonds is 8. The van der Waals surface area contributed by atoms with Gasteiger partial charge in [-0.1, -0.05) is 13.3 Å². The van der Waals surface area contributed by atoms with E-state index in [-0.39, 0.29) is 17.9 Å². The minimum atomic E-state index is -1.12. The highest BCUT2D eigenvalue weighted by atomic mass is 16.7. The number of hydrogen-bond donors (Lipinski definition) is 3. The minimum absolute atomic E-state index is 0.138. The molecular formula is C10H20N2O4. The molecule has 16 heavy (non-hydrogen) atoms. The van der Waals surface area contributed by atoms with Crippen LogP contribution in [0, 0.1) is 5.92 Å². The first-order chi connectivity index (χ1) is 7.43. The molecule has 1 amide bonds. The van der Waals surface area contributed by atoms with E-state index in [4.69, 9.17) is 10.8 Å². The van der Waals surface area contributed by atoms with E-state index in [1.165, 1.54) is 0 Å². The molecule has 2 atom stereocenters. The van der Waals surface area contributed by atoms with Gasteiger partial charge in [-0.15, -0.1) is 0 Å². The lowest BCUT2D eigenvalue weighted by molar-refractivity contribution is -0.150. The van der Waals surface area contributed by atoms with Crippen LogP contribution in [0.5, 0.6) is 0 Å². The summed E-state index contributed by atoms with van der Waals surface area (Å²) < 4.78 is 0. The molecule has 0 saturated carbocycles. The molecule has 0 aromatic rings. The van der Waals surface area contributed by atoms with Gasteiger partial charge < -0.3 is 10.8 Å². The predicted molar refractivity (Wildman–Crippen MR) is 58.4 cm³/mol. The molecule has 6 nitrogen and oxygen atoms in total. The summed E-state index contributed by atoms with van der Waals surface area (Å²) in [5.74, 6) is -1.62. The molecule has 0 aliphatic rings. The number of carbonyl (C=O) groups is 2. The Balaban J connectivity index is 3.61. The van der Waals surface area contributed by atoms with Gasteiger partial charge in [0.15, 0.2) is 6.61 Å². The van der Waals surface area contributed by atoms with Crippen molar-refractivity contribution in [1.29, 1.82) is 0 Å². The van der Waals surface area contributed by atoms with Crippen molar-refractivity contribution in [3.63, 3.8) is 0 Å². The van der Waals surface area contributed by atoms with Gasteiger partial charge in [-0.2, -0.15) is 0 Å². The number of hydroxylamine groups is 1. The molecule has 0 spiro atoms. The number of aliphatic carboxylic acids is 1. The van der Waals surface area contributed by atoms with Crippen LogP contribution < -0.4 is 11.2 Å². The Morgan fingerprint density at radius 2 is 2.00 bits per heavy atom. The third-order valence-corrected chi connectivity index (χ3v) is 2.11. The lowest BCUT2D eigenvalue weighted by Crippen LogP contribution is -2.31. The van der Waals surface area contributed by atoms with Crippen molar-refractivity contribution in [3.05, 3.63) is 0 Å². The van der Waals surface area contributed by atoms with E-state index < -0.39 is 12.6 Å². The fourth-order valence-corrected chi connectivity index (χ4v) is 1.15. The summed E-state index contributed by atoms with van der Waals surface area (Å²) in [7, 11) is 0. The summed E-state index contributed by atoms with van der Waals surface area (Å²) in [5.41, 5.74) is 7.68. The fourth-order valence-electron chi connectivity index (χ4n) is 1.15. The third-order valence-electron chi connectivity index (χ3n) is 2.11. The first-order valence-electron chi connectivity index (χ1n) is 5.32. The minimum Gasteiger partial charge on any atom is -0.479 e. The number of nitrogens with one attached hydrogen (secondary N) is 1. The van der Waals surface area contributed by atoms with Crippen LogP contribution in [-0.2, 0) is 14.4 Å². The van der Waals surface area contributed by atoms with E-state index in [0.29, 0.717) is 6.42 Å². The molecule has 0 aromatic heterocycles. The monoisotopic (exact) mass is 232 g/mol. The maximum Gasteiger partial charge on any atom is 0.332 e. The molecular weight excluding hydrogens is 212 g/mol. The van der Waals surface area contributed by atoms with Gasteiger partial charge in [0.25, 0.3) is 0 Å². The van der Waals surface area contributed by atoms with Crippen LogP contribution in [0.4, 0.5) is 0 Å². The van der Waals surface area contributed by atoms with Crippen molar-refractivity contribution < 1.29 is 19.5 Å². The molecule has 0 fully saturated rings. The van der Waals surface area contributed by atoms with Gasteiger partial charge in [-0.3, -0.25) is 9.63 Å². The summed E-state index contributed by atoms with van der Waals surface area (Å²) in [4.78, 5) is 25.9. The maximum atomic E-state index is 11.3. The van der Waals surface area contributed by atoms with Gasteiger partial charge in [-0.25, -0.2) is 10.3 Å². The van der Waals surface area contributed by atoms with Crippen molar-refractivity contribution in [2.24, 2.45) is 11.7 Å². The maximum absolute atomic E-state index is 11.3. The lowest BCUT2D eigenvalue weighted by atomic mass is 10.0. The first kappa shape index (κ1) is 14.9. The molecule has 0 radical (unpaired) electrons. The highest BCUT2D eigenvalue weighted by Gasteiger charge is 2.13. The average Bonchev–Trinajstić information content (AvgIpc) is 2.16. The number of hydrogen-bond acceptors (Lipinski definition) is 4. The smallest absolute Gasteiger partial charge is 0.332 e. The van der Waals surface area contributed by atoms with Gasteiger partial charge in [0.2, 0.25) is 5.91 Å². The highest BCUT2D eigenvalue weighted by molar-refractivity contribution is 5.77. The van der Waals surface area contributed by atoms with Crippen LogP contribution >= 0.6 is 0 Å². The van der Waals surface area contributed by atoms with E-state index in [9.17, 15) is 9.59 Å². The Morgan fingerprint density at radius 3 is 2.50 bits per heavy atom. The Kier molecular flexibility index (Phi) is 7.49. The zero-order chi connectivity index (χ0) is 12.6. The number of carboxylic acid groups (broad SMARTS) is 1. The molecule has 0 heterocycles. The van der Waals surface area contributed by atoms with Crippen LogP contribution in [0.3, 0.4) is 0 Å². The van der Waals surface area contributed by atoms with Crippen LogP contribution in [0.25, 0.3) is 0 Å². The van der Waals surface area contributed by atoms with Crippen LogP contribution in [0.1, 0.15) is 33.1 Å². The largest absolute Gasteiger partial charge is 0.479 e. The summed E-state index contributed by atoms with van der Waals surface area (Å²) >= 11 is 0. The summed E-state index contributed by atoms with van der Waals surface area (Å²) in [6, 6.07) is 0.138. The Labute approximate surface area is 95.1 Å². The predicted octanol–water partition coefficient (Wildman–Crippen LogP) is 0.272. The molecule has 0 saturated heterocycles. The van der Waals surface area contributed by atoms with Crippen LogP contribution in [0.15, 0.2) is 0 Å². The van der Waals surface area contributed by atoms with Crippen molar-refractivity contribution in [2.75, 3.05) is 6.61 Å². The molecule has 94 valence electrons. The number of carboxylic acids is 1. The van der Waals surface area contributed by atoms with E-state index in [2.05, 4.69) is 10.3 Å². The van der Waals surface area contributed by atoms with Gasteiger partial charge in [0.1, 0.15) is 0 Å². The molecule has 6 heteroatoms. The molecule has 0 aliphatic carbocycles. The second-order valence-electron chi connectivity index (χ2n) is 3.96. The summed E-state index contributed by atoms with van der Waals surface area (Å²) in [6.07, 6.45) is 2.45. The molecule has 2 unspecified atom stereocenters. The number of carbonyl (C=O) groups excluding carboxylic acids is 1. The van der Waals surface area contributed by atoms with E-state index in [1.807, 2.05) is 6.92 Å². The Hall–Kier alpha value is -1.14. The van der Waals surface area contributed by atoms with Gasteiger partial charge in [0.05, 0.1) is 0 Å². The zero-order valence-electron chi connectivity index (χ0n) is 9.73. The standard InChI is InChI=1S/C10H20N2O4/c1-7(4-3-5-8(2)11)10(15)12-16-6-9(13)14/h7-8H,3-6,11H2,1-2H3,(H,12,15)(H,13,14). The van der Waals surface area contributed by atoms with Crippen LogP contribution in [-0.4, -0.2) is 29.6 Å². The summed E-state index contributed by atoms with van der Waals surface area (Å²) in [6.45, 7) is 3.15. The lowest BCUT2D eigenvalue weighted by Gasteiger charge is -2.11. The van der Waals surface area contributed by atoms with Crippen molar-refractivity contribution in [2.45, 2.75) is 39.2 Å². The molecule has 0 rings (SSSR count). The van der Waals surface area contributed by atoms with Crippen molar-refractivity contribution >= 4 is 11.9 Å². The Morgan fingerprint density at radius 1 is 1.38 bits per heavy atom.